The highest BCUT2D eigenvalue weighted by Crippen LogP contribution is 2.21. The van der Waals surface area contributed by atoms with Crippen LogP contribution in [0.2, 0.25) is 0 Å². The van der Waals surface area contributed by atoms with E-state index in [-0.39, 0.29) is 17.3 Å². The zero-order valence-electron chi connectivity index (χ0n) is 7.89. The highest BCUT2D eigenvalue weighted by atomic mass is 19.1. The molecule has 0 atom stereocenters. The second kappa shape index (κ2) is 3.49. The molecular weight excluding hydrogens is 202 g/mol. The van der Waals surface area contributed by atoms with Crippen LogP contribution in [0.5, 0.6) is 0 Å². The maximum atomic E-state index is 13.4. The fraction of sp³-hybridized carbons (Fsp3) is 0.300. The van der Waals surface area contributed by atoms with Crippen molar-refractivity contribution in [1.82, 2.24) is 5.32 Å². The number of anilines is 1. The van der Waals surface area contributed by atoms with E-state index in [4.69, 9.17) is 5.73 Å². The molecule has 0 heterocycles. The first kappa shape index (κ1) is 9.89. The average molecular weight is 212 g/mol. The Kier molecular flexibility index (Phi) is 2.30. The normalized spacial score (nSPS) is 15.1. The van der Waals surface area contributed by atoms with Crippen LogP contribution in [0, 0.1) is 11.6 Å². The molecule has 1 aromatic rings. The van der Waals surface area contributed by atoms with E-state index in [2.05, 4.69) is 5.32 Å². The van der Waals surface area contributed by atoms with Crippen molar-refractivity contribution >= 4 is 11.6 Å². The number of hydrogen-bond acceptors (Lipinski definition) is 2. The highest BCUT2D eigenvalue weighted by Gasteiger charge is 2.25. The average Bonchev–Trinajstić information content (AvgIpc) is 2.94. The molecule has 0 saturated heterocycles. The Morgan fingerprint density at radius 3 is 2.67 bits per heavy atom. The molecule has 1 aliphatic rings. The van der Waals surface area contributed by atoms with E-state index < -0.39 is 17.5 Å². The summed E-state index contributed by atoms with van der Waals surface area (Å²) in [6.07, 6.45) is 1.77. The third kappa shape index (κ3) is 2.06. The molecule has 1 aromatic carbocycles. The SMILES string of the molecule is Nc1cc(F)cc(C(=O)NC2CC2)c1F. The van der Waals surface area contributed by atoms with Crippen LogP contribution in [-0.4, -0.2) is 11.9 Å². The maximum absolute atomic E-state index is 13.4. The molecule has 3 N–H and O–H groups in total. The van der Waals surface area contributed by atoms with Gasteiger partial charge in [0.05, 0.1) is 11.3 Å². The number of benzene rings is 1. The third-order valence-corrected chi connectivity index (χ3v) is 2.22. The number of nitrogen functional groups attached to an aromatic ring is 1. The van der Waals surface area contributed by atoms with Crippen molar-refractivity contribution in [2.75, 3.05) is 5.73 Å². The lowest BCUT2D eigenvalue weighted by atomic mass is 10.1. The summed E-state index contributed by atoms with van der Waals surface area (Å²) in [5, 5.41) is 2.56. The molecule has 80 valence electrons. The van der Waals surface area contributed by atoms with Gasteiger partial charge in [-0.05, 0) is 25.0 Å². The van der Waals surface area contributed by atoms with Gasteiger partial charge in [-0.1, -0.05) is 0 Å². The fourth-order valence-electron chi connectivity index (χ4n) is 1.27. The molecule has 0 spiro atoms. The van der Waals surface area contributed by atoms with Gasteiger partial charge in [0.2, 0.25) is 0 Å². The molecule has 0 aliphatic heterocycles. The highest BCUT2D eigenvalue weighted by molar-refractivity contribution is 5.95. The number of carbonyl (C=O) groups is 1. The van der Waals surface area contributed by atoms with Gasteiger partial charge in [0.1, 0.15) is 5.82 Å². The van der Waals surface area contributed by atoms with Crippen molar-refractivity contribution in [3.63, 3.8) is 0 Å². The number of rotatable bonds is 2. The summed E-state index contributed by atoms with van der Waals surface area (Å²) in [6.45, 7) is 0. The molecule has 1 fully saturated rings. The van der Waals surface area contributed by atoms with Gasteiger partial charge in [-0.2, -0.15) is 0 Å². The van der Waals surface area contributed by atoms with Crippen molar-refractivity contribution in [1.29, 1.82) is 0 Å². The smallest absolute Gasteiger partial charge is 0.254 e. The summed E-state index contributed by atoms with van der Waals surface area (Å²) in [4.78, 5) is 11.4. The van der Waals surface area contributed by atoms with E-state index in [9.17, 15) is 13.6 Å². The first-order valence-corrected chi connectivity index (χ1v) is 4.63. The number of amides is 1. The molecular formula is C10H10F2N2O. The standard InChI is InChI=1S/C10H10F2N2O/c11-5-3-7(9(12)8(13)4-5)10(15)14-6-1-2-6/h3-4,6H,1-2,13H2,(H,14,15). The van der Waals surface area contributed by atoms with E-state index in [1.165, 1.54) is 0 Å². The molecule has 1 aliphatic carbocycles. The lowest BCUT2D eigenvalue weighted by Gasteiger charge is -2.06. The lowest BCUT2D eigenvalue weighted by Crippen LogP contribution is -2.26. The van der Waals surface area contributed by atoms with Crippen molar-refractivity contribution < 1.29 is 13.6 Å². The molecule has 0 unspecified atom stereocenters. The molecule has 15 heavy (non-hydrogen) atoms. The summed E-state index contributed by atoms with van der Waals surface area (Å²) >= 11 is 0. The molecule has 5 heteroatoms. The summed E-state index contributed by atoms with van der Waals surface area (Å²) in [7, 11) is 0. The molecule has 0 aromatic heterocycles. The monoisotopic (exact) mass is 212 g/mol. The van der Waals surface area contributed by atoms with Gasteiger partial charge in [0, 0.05) is 6.04 Å². The number of hydrogen-bond donors (Lipinski definition) is 2. The Morgan fingerprint density at radius 1 is 1.40 bits per heavy atom. The van der Waals surface area contributed by atoms with Gasteiger partial charge in [-0.15, -0.1) is 0 Å². The van der Waals surface area contributed by atoms with Crippen molar-refractivity contribution in [3.05, 3.63) is 29.3 Å². The minimum absolute atomic E-state index is 0.0985. The van der Waals surface area contributed by atoms with Gasteiger partial charge in [0.25, 0.3) is 5.91 Å². The molecule has 1 amide bonds. The summed E-state index contributed by atoms with van der Waals surface area (Å²) in [6, 6.07) is 1.80. The maximum Gasteiger partial charge on any atom is 0.254 e. The number of nitrogens with two attached hydrogens (primary N) is 1. The fourth-order valence-corrected chi connectivity index (χ4v) is 1.27. The predicted octanol–water partition coefficient (Wildman–Crippen LogP) is 1.44. The Hall–Kier alpha value is -1.65. The van der Waals surface area contributed by atoms with Gasteiger partial charge in [0.15, 0.2) is 5.82 Å². The lowest BCUT2D eigenvalue weighted by molar-refractivity contribution is 0.0946. The van der Waals surface area contributed by atoms with Gasteiger partial charge in [-0.25, -0.2) is 8.78 Å². The van der Waals surface area contributed by atoms with Crippen LogP contribution in [0.25, 0.3) is 0 Å². The minimum Gasteiger partial charge on any atom is -0.396 e. The topological polar surface area (TPSA) is 55.1 Å². The first-order valence-electron chi connectivity index (χ1n) is 4.63. The summed E-state index contributed by atoms with van der Waals surface area (Å²) in [5.74, 6) is -2.19. The van der Waals surface area contributed by atoms with E-state index >= 15 is 0 Å². The summed E-state index contributed by atoms with van der Waals surface area (Å²) < 4.78 is 26.2. The zero-order valence-corrected chi connectivity index (χ0v) is 7.89. The van der Waals surface area contributed by atoms with Crippen LogP contribution in [0.3, 0.4) is 0 Å². The molecule has 3 nitrogen and oxygen atoms in total. The third-order valence-electron chi connectivity index (χ3n) is 2.22. The van der Waals surface area contributed by atoms with Crippen LogP contribution in [0.1, 0.15) is 23.2 Å². The number of carbonyl (C=O) groups excluding carboxylic acids is 1. The second-order valence-electron chi connectivity index (χ2n) is 3.60. The Labute approximate surface area is 85.3 Å². The summed E-state index contributed by atoms with van der Waals surface area (Å²) in [5.41, 5.74) is 4.53. The quantitative estimate of drug-likeness (QED) is 0.729. The number of nitrogens with one attached hydrogen (secondary N) is 1. The van der Waals surface area contributed by atoms with Crippen LogP contribution < -0.4 is 11.1 Å². The molecule has 1 saturated carbocycles. The van der Waals surface area contributed by atoms with Gasteiger partial charge < -0.3 is 11.1 Å². The van der Waals surface area contributed by atoms with E-state index in [1.54, 1.807) is 0 Å². The van der Waals surface area contributed by atoms with Gasteiger partial charge >= 0.3 is 0 Å². The van der Waals surface area contributed by atoms with Gasteiger partial charge in [-0.3, -0.25) is 4.79 Å². The molecule has 0 radical (unpaired) electrons. The second-order valence-corrected chi connectivity index (χ2v) is 3.60. The van der Waals surface area contributed by atoms with Crippen molar-refractivity contribution in [2.45, 2.75) is 18.9 Å². The number of halogens is 2. The van der Waals surface area contributed by atoms with E-state index in [0.717, 1.165) is 25.0 Å². The predicted molar refractivity (Wildman–Crippen MR) is 51.3 cm³/mol. The van der Waals surface area contributed by atoms with Crippen LogP contribution in [0.4, 0.5) is 14.5 Å². The largest absolute Gasteiger partial charge is 0.396 e. The minimum atomic E-state index is -0.866. The Morgan fingerprint density at radius 2 is 2.07 bits per heavy atom. The zero-order chi connectivity index (χ0) is 11.0. The molecule has 0 bridgehead atoms. The van der Waals surface area contributed by atoms with Crippen molar-refractivity contribution in [2.24, 2.45) is 0 Å². The Balaban J connectivity index is 2.28. The van der Waals surface area contributed by atoms with Crippen LogP contribution >= 0.6 is 0 Å². The van der Waals surface area contributed by atoms with Crippen LogP contribution in [0.15, 0.2) is 12.1 Å². The van der Waals surface area contributed by atoms with Crippen LogP contribution in [-0.2, 0) is 0 Å². The first-order chi connectivity index (χ1) is 7.08. The van der Waals surface area contributed by atoms with E-state index in [1.807, 2.05) is 0 Å². The Bertz CT molecular complexity index is 416. The molecule has 2 rings (SSSR count). The van der Waals surface area contributed by atoms with Crippen molar-refractivity contribution in [3.8, 4) is 0 Å². The van der Waals surface area contributed by atoms with E-state index in [0.29, 0.717) is 0 Å².